The van der Waals surface area contributed by atoms with Gasteiger partial charge in [0.2, 0.25) is 5.88 Å². The topological polar surface area (TPSA) is 83.3 Å². The minimum Gasteiger partial charge on any atom is -0.481 e. The fourth-order valence-electron chi connectivity index (χ4n) is 3.55. The van der Waals surface area contributed by atoms with Crippen LogP contribution in [-0.4, -0.2) is 16.7 Å². The van der Waals surface area contributed by atoms with E-state index in [2.05, 4.69) is 4.98 Å². The van der Waals surface area contributed by atoms with E-state index in [-0.39, 0.29) is 5.56 Å². The Morgan fingerprint density at radius 3 is 2.55 bits per heavy atom. The number of nitrogens with zero attached hydrogens (tertiary/aromatic N) is 2. The smallest absolute Gasteiger partial charge is 0.255 e. The average molecular weight is 383 g/mol. The number of nitrogen functional groups attached to an aromatic ring is 1. The Hall–Kier alpha value is -4.06. The average Bonchev–Trinajstić information content (AvgIpc) is 3.11. The van der Waals surface area contributed by atoms with Crippen LogP contribution in [0.15, 0.2) is 82.1 Å². The molecule has 0 atom stereocenters. The van der Waals surface area contributed by atoms with Crippen LogP contribution in [0, 0.1) is 0 Å². The van der Waals surface area contributed by atoms with Crippen LogP contribution in [0.5, 0.6) is 5.88 Å². The third kappa shape index (κ3) is 2.82. The Morgan fingerprint density at radius 2 is 1.79 bits per heavy atom. The lowest BCUT2D eigenvalue weighted by Gasteiger charge is -2.08. The second-order valence-electron chi connectivity index (χ2n) is 6.72. The van der Waals surface area contributed by atoms with Gasteiger partial charge in [-0.2, -0.15) is 0 Å². The summed E-state index contributed by atoms with van der Waals surface area (Å²) in [4.78, 5) is 17.0. The Balaban J connectivity index is 1.79. The molecule has 142 valence electrons. The number of hydrogen-bond acceptors (Lipinski definition) is 5. The van der Waals surface area contributed by atoms with E-state index in [1.165, 1.54) is 6.07 Å². The number of hydrogen-bond donors (Lipinski definition) is 1. The van der Waals surface area contributed by atoms with Gasteiger partial charge in [-0.15, -0.1) is 0 Å². The summed E-state index contributed by atoms with van der Waals surface area (Å²) in [5.41, 5.74) is 11.0. The van der Waals surface area contributed by atoms with E-state index < -0.39 is 0 Å². The van der Waals surface area contributed by atoms with E-state index in [0.29, 0.717) is 33.9 Å². The van der Waals surface area contributed by atoms with Gasteiger partial charge in [-0.05, 0) is 48.0 Å². The highest BCUT2D eigenvalue weighted by atomic mass is 16.5. The van der Waals surface area contributed by atoms with Gasteiger partial charge in [0.15, 0.2) is 5.58 Å². The number of rotatable bonds is 3. The standard InChI is InChI=1S/C23H17N3O3/c1-28-21-9-6-15(13-25-21)14-5-7-19-18(11-14)23-20(29-19)8-10-22(27)26(23)17-4-2-3-16(24)12-17/h2-13H,24H2,1H3. The van der Waals surface area contributed by atoms with Gasteiger partial charge in [-0.25, -0.2) is 4.98 Å². The monoisotopic (exact) mass is 383 g/mol. The number of pyridine rings is 2. The molecule has 3 heterocycles. The molecule has 6 nitrogen and oxygen atoms in total. The zero-order chi connectivity index (χ0) is 20.0. The Kier molecular flexibility index (Phi) is 3.84. The largest absolute Gasteiger partial charge is 0.481 e. The number of aromatic nitrogens is 2. The SMILES string of the molecule is COc1ccc(-c2ccc3oc4ccc(=O)n(-c5cccc(N)c5)c4c3c2)cn1. The van der Waals surface area contributed by atoms with Crippen molar-refractivity contribution < 1.29 is 9.15 Å². The minimum atomic E-state index is -0.151. The van der Waals surface area contributed by atoms with E-state index in [4.69, 9.17) is 14.9 Å². The van der Waals surface area contributed by atoms with Gasteiger partial charge in [0, 0.05) is 35.0 Å². The maximum atomic E-state index is 12.8. The number of benzene rings is 2. The highest BCUT2D eigenvalue weighted by Crippen LogP contribution is 2.33. The van der Waals surface area contributed by atoms with Crippen LogP contribution in [0.3, 0.4) is 0 Å². The molecule has 6 heteroatoms. The van der Waals surface area contributed by atoms with Gasteiger partial charge in [-0.3, -0.25) is 9.36 Å². The summed E-state index contributed by atoms with van der Waals surface area (Å²) in [6.07, 6.45) is 1.76. The second kappa shape index (κ2) is 6.53. The summed E-state index contributed by atoms with van der Waals surface area (Å²) < 4.78 is 12.8. The quantitative estimate of drug-likeness (QED) is 0.467. The molecule has 5 rings (SSSR count). The van der Waals surface area contributed by atoms with Crippen molar-refractivity contribution in [2.75, 3.05) is 12.8 Å². The van der Waals surface area contributed by atoms with Crippen molar-refractivity contribution in [3.8, 4) is 22.7 Å². The molecule has 0 unspecified atom stereocenters. The van der Waals surface area contributed by atoms with Crippen molar-refractivity contribution in [2.24, 2.45) is 0 Å². The fourth-order valence-corrected chi connectivity index (χ4v) is 3.55. The van der Waals surface area contributed by atoms with Gasteiger partial charge in [0.25, 0.3) is 5.56 Å². The van der Waals surface area contributed by atoms with Crippen molar-refractivity contribution in [3.63, 3.8) is 0 Å². The molecular weight excluding hydrogens is 366 g/mol. The lowest BCUT2D eigenvalue weighted by Crippen LogP contribution is -2.17. The first-order valence-electron chi connectivity index (χ1n) is 9.09. The molecule has 0 saturated heterocycles. The maximum absolute atomic E-state index is 12.8. The van der Waals surface area contributed by atoms with Gasteiger partial charge in [-0.1, -0.05) is 12.1 Å². The van der Waals surface area contributed by atoms with Crippen molar-refractivity contribution >= 4 is 27.8 Å². The van der Waals surface area contributed by atoms with Gasteiger partial charge < -0.3 is 14.9 Å². The first kappa shape index (κ1) is 17.1. The predicted molar refractivity (Wildman–Crippen MR) is 114 cm³/mol. The van der Waals surface area contributed by atoms with Crippen LogP contribution >= 0.6 is 0 Å². The molecule has 0 bridgehead atoms. The van der Waals surface area contributed by atoms with E-state index in [1.54, 1.807) is 36.1 Å². The summed E-state index contributed by atoms with van der Waals surface area (Å²) in [5, 5.41) is 0.841. The number of anilines is 1. The van der Waals surface area contributed by atoms with E-state index in [9.17, 15) is 4.79 Å². The van der Waals surface area contributed by atoms with Crippen LogP contribution < -0.4 is 16.0 Å². The zero-order valence-electron chi connectivity index (χ0n) is 15.6. The number of ether oxygens (including phenoxy) is 1. The number of nitrogens with two attached hydrogens (primary N) is 1. The van der Waals surface area contributed by atoms with E-state index >= 15 is 0 Å². The van der Waals surface area contributed by atoms with Crippen LogP contribution in [0.4, 0.5) is 5.69 Å². The minimum absolute atomic E-state index is 0.151. The number of fused-ring (bicyclic) bond motifs is 3. The predicted octanol–water partition coefficient (Wildman–Crippen LogP) is 4.39. The number of methoxy groups -OCH3 is 1. The van der Waals surface area contributed by atoms with Crippen molar-refractivity contribution in [1.29, 1.82) is 0 Å². The molecule has 0 aliphatic rings. The Labute approximate surface area is 165 Å². The third-order valence-corrected chi connectivity index (χ3v) is 4.92. The molecule has 0 saturated carbocycles. The molecule has 29 heavy (non-hydrogen) atoms. The molecule has 0 radical (unpaired) electrons. The molecule has 0 fully saturated rings. The maximum Gasteiger partial charge on any atom is 0.255 e. The van der Waals surface area contributed by atoms with Crippen molar-refractivity contribution in [2.45, 2.75) is 0 Å². The molecule has 0 amide bonds. The lowest BCUT2D eigenvalue weighted by molar-refractivity contribution is 0.398. The van der Waals surface area contributed by atoms with Crippen LogP contribution in [0.2, 0.25) is 0 Å². The second-order valence-corrected chi connectivity index (χ2v) is 6.72. The highest BCUT2D eigenvalue weighted by molar-refractivity contribution is 6.05. The molecule has 3 aromatic heterocycles. The van der Waals surface area contributed by atoms with E-state index in [0.717, 1.165) is 16.5 Å². The van der Waals surface area contributed by atoms with E-state index in [1.807, 2.05) is 42.5 Å². The van der Waals surface area contributed by atoms with Crippen LogP contribution in [0.1, 0.15) is 0 Å². The Bertz CT molecular complexity index is 1420. The molecule has 2 aromatic carbocycles. The van der Waals surface area contributed by atoms with Crippen molar-refractivity contribution in [1.82, 2.24) is 9.55 Å². The van der Waals surface area contributed by atoms with Crippen molar-refractivity contribution in [3.05, 3.63) is 83.3 Å². The molecule has 0 aliphatic carbocycles. The van der Waals surface area contributed by atoms with Crippen LogP contribution in [0.25, 0.3) is 38.9 Å². The fraction of sp³-hybridized carbons (Fsp3) is 0.0435. The summed E-state index contributed by atoms with van der Waals surface area (Å²) >= 11 is 0. The molecule has 0 spiro atoms. The molecule has 2 N–H and O–H groups in total. The summed E-state index contributed by atoms with van der Waals surface area (Å²) in [6.45, 7) is 0. The number of furan rings is 1. The highest BCUT2D eigenvalue weighted by Gasteiger charge is 2.15. The van der Waals surface area contributed by atoms with Gasteiger partial charge in [0.1, 0.15) is 11.1 Å². The summed E-state index contributed by atoms with van der Waals surface area (Å²) in [6, 6.07) is 20.1. The van der Waals surface area contributed by atoms with Gasteiger partial charge in [0.05, 0.1) is 12.8 Å². The molecule has 5 aromatic rings. The zero-order valence-corrected chi connectivity index (χ0v) is 15.6. The first-order chi connectivity index (χ1) is 14.1. The summed E-state index contributed by atoms with van der Waals surface area (Å²) in [7, 11) is 1.58. The normalized spacial score (nSPS) is 11.2. The van der Waals surface area contributed by atoms with Gasteiger partial charge >= 0.3 is 0 Å². The molecular formula is C23H17N3O3. The third-order valence-electron chi connectivity index (χ3n) is 4.92. The van der Waals surface area contributed by atoms with Crippen LogP contribution in [-0.2, 0) is 0 Å². The lowest BCUT2D eigenvalue weighted by atomic mass is 10.1. The molecule has 0 aliphatic heterocycles. The summed E-state index contributed by atoms with van der Waals surface area (Å²) in [5.74, 6) is 0.555. The Morgan fingerprint density at radius 1 is 0.966 bits per heavy atom. The first-order valence-corrected chi connectivity index (χ1v) is 9.09.